The van der Waals surface area contributed by atoms with Crippen molar-refractivity contribution in [3.63, 3.8) is 0 Å². The molecule has 3 rings (SSSR count). The number of aryl methyl sites for hydroxylation is 1. The van der Waals surface area contributed by atoms with Gasteiger partial charge in [-0.15, -0.1) is 0 Å². The quantitative estimate of drug-likeness (QED) is 0.857. The second kappa shape index (κ2) is 8.68. The first-order chi connectivity index (χ1) is 12.1. The molecule has 1 atom stereocenters. The number of amides is 1. The third-order valence-corrected chi connectivity index (χ3v) is 5.35. The normalized spacial score (nSPS) is 20.6. The van der Waals surface area contributed by atoms with Crippen LogP contribution in [0.2, 0.25) is 0 Å². The zero-order chi connectivity index (χ0) is 17.6. The molecule has 2 aliphatic rings. The molecule has 0 spiro atoms. The molecule has 2 aliphatic heterocycles. The van der Waals surface area contributed by atoms with E-state index in [9.17, 15) is 9.90 Å². The predicted molar refractivity (Wildman–Crippen MR) is 97.7 cm³/mol. The topological polar surface area (TPSA) is 53.0 Å². The lowest BCUT2D eigenvalue weighted by Crippen LogP contribution is -2.44. The fourth-order valence-corrected chi connectivity index (χ4v) is 3.81. The van der Waals surface area contributed by atoms with Crippen LogP contribution in [0.25, 0.3) is 0 Å². The number of rotatable bonds is 6. The van der Waals surface area contributed by atoms with Gasteiger partial charge >= 0.3 is 0 Å². The Labute approximate surface area is 150 Å². The van der Waals surface area contributed by atoms with E-state index in [1.54, 1.807) is 0 Å². The summed E-state index contributed by atoms with van der Waals surface area (Å²) >= 11 is 0. The number of hydrogen-bond donors (Lipinski definition) is 1. The summed E-state index contributed by atoms with van der Waals surface area (Å²) in [6, 6.07) is 7.85. The second-order valence-corrected chi connectivity index (χ2v) is 7.34. The van der Waals surface area contributed by atoms with Crippen LogP contribution in [0.5, 0.6) is 5.75 Å². The SMILES string of the molecule is Cc1ccccc1OCC(O)CN1CCC(C(=O)N2CCCC2)CC1. The minimum absolute atomic E-state index is 0.176. The number of β-amino-alcohol motifs (C(OH)–C–C–N with tert-alkyl or cyclic N) is 1. The van der Waals surface area contributed by atoms with E-state index < -0.39 is 6.10 Å². The highest BCUT2D eigenvalue weighted by atomic mass is 16.5. The van der Waals surface area contributed by atoms with Gasteiger partial charge in [0.25, 0.3) is 0 Å². The van der Waals surface area contributed by atoms with E-state index in [1.165, 1.54) is 0 Å². The van der Waals surface area contributed by atoms with Crippen LogP contribution in [0.1, 0.15) is 31.2 Å². The van der Waals surface area contributed by atoms with Gasteiger partial charge in [0.05, 0.1) is 0 Å². The Morgan fingerprint density at radius 1 is 1.20 bits per heavy atom. The Morgan fingerprint density at radius 2 is 1.88 bits per heavy atom. The highest BCUT2D eigenvalue weighted by Crippen LogP contribution is 2.22. The van der Waals surface area contributed by atoms with E-state index >= 15 is 0 Å². The summed E-state index contributed by atoms with van der Waals surface area (Å²) in [6.45, 7) is 6.55. The van der Waals surface area contributed by atoms with Crippen LogP contribution in [0, 0.1) is 12.8 Å². The molecule has 25 heavy (non-hydrogen) atoms. The molecule has 5 nitrogen and oxygen atoms in total. The van der Waals surface area contributed by atoms with Crippen LogP contribution < -0.4 is 4.74 Å². The van der Waals surface area contributed by atoms with Crippen LogP contribution in [-0.4, -0.2) is 66.2 Å². The Morgan fingerprint density at radius 3 is 2.56 bits per heavy atom. The van der Waals surface area contributed by atoms with E-state index in [0.717, 1.165) is 63.2 Å². The van der Waals surface area contributed by atoms with E-state index in [1.807, 2.05) is 36.1 Å². The van der Waals surface area contributed by atoms with Crippen LogP contribution in [0.4, 0.5) is 0 Å². The Hall–Kier alpha value is -1.59. The zero-order valence-corrected chi connectivity index (χ0v) is 15.2. The number of carbonyl (C=O) groups is 1. The van der Waals surface area contributed by atoms with Crippen molar-refractivity contribution in [3.05, 3.63) is 29.8 Å². The lowest BCUT2D eigenvalue weighted by Gasteiger charge is -2.34. The average molecular weight is 346 g/mol. The molecule has 1 aromatic rings. The van der Waals surface area contributed by atoms with Gasteiger partial charge in [-0.25, -0.2) is 0 Å². The third-order valence-electron chi connectivity index (χ3n) is 5.35. The number of benzene rings is 1. The predicted octanol–water partition coefficient (Wildman–Crippen LogP) is 2.07. The van der Waals surface area contributed by atoms with E-state index in [4.69, 9.17) is 4.74 Å². The van der Waals surface area contributed by atoms with E-state index in [0.29, 0.717) is 19.1 Å². The lowest BCUT2D eigenvalue weighted by atomic mass is 9.95. The number of aliphatic hydroxyl groups is 1. The molecule has 1 amide bonds. The number of aliphatic hydroxyl groups excluding tert-OH is 1. The zero-order valence-electron chi connectivity index (χ0n) is 15.2. The van der Waals surface area contributed by atoms with Crippen LogP contribution >= 0.6 is 0 Å². The summed E-state index contributed by atoms with van der Waals surface area (Å²) in [6.07, 6.45) is 3.60. The maximum atomic E-state index is 12.5. The van der Waals surface area contributed by atoms with Crippen molar-refractivity contribution in [2.75, 3.05) is 39.3 Å². The molecule has 2 heterocycles. The van der Waals surface area contributed by atoms with Crippen molar-refractivity contribution >= 4 is 5.91 Å². The van der Waals surface area contributed by atoms with Gasteiger partial charge in [0.15, 0.2) is 0 Å². The number of hydrogen-bond acceptors (Lipinski definition) is 4. The smallest absolute Gasteiger partial charge is 0.225 e. The highest BCUT2D eigenvalue weighted by Gasteiger charge is 2.30. The van der Waals surface area contributed by atoms with Crippen molar-refractivity contribution in [2.24, 2.45) is 5.92 Å². The van der Waals surface area contributed by atoms with Crippen molar-refractivity contribution < 1.29 is 14.6 Å². The molecule has 2 saturated heterocycles. The maximum absolute atomic E-state index is 12.5. The molecule has 0 saturated carbocycles. The Bertz CT molecular complexity index is 564. The van der Waals surface area contributed by atoms with Gasteiger partial charge < -0.3 is 19.6 Å². The van der Waals surface area contributed by atoms with E-state index in [2.05, 4.69) is 4.90 Å². The number of para-hydroxylation sites is 1. The average Bonchev–Trinajstić information content (AvgIpc) is 3.16. The molecule has 0 bridgehead atoms. The standard InChI is InChI=1S/C20H30N2O3/c1-16-6-2-3-7-19(16)25-15-18(23)14-21-12-8-17(9-13-21)20(24)22-10-4-5-11-22/h2-3,6-7,17-18,23H,4-5,8-15H2,1H3. The molecule has 1 unspecified atom stereocenters. The number of ether oxygens (including phenoxy) is 1. The van der Waals surface area contributed by atoms with Crippen LogP contribution in [0.3, 0.4) is 0 Å². The van der Waals surface area contributed by atoms with Crippen LogP contribution in [-0.2, 0) is 4.79 Å². The first kappa shape index (κ1) is 18.2. The summed E-state index contributed by atoms with van der Waals surface area (Å²) in [7, 11) is 0. The van der Waals surface area contributed by atoms with E-state index in [-0.39, 0.29) is 5.92 Å². The fourth-order valence-electron chi connectivity index (χ4n) is 3.81. The molecule has 5 heteroatoms. The summed E-state index contributed by atoms with van der Waals surface area (Å²) in [5.74, 6) is 1.35. The number of piperidine rings is 1. The molecule has 0 aliphatic carbocycles. The molecule has 1 aromatic carbocycles. The first-order valence-electron chi connectivity index (χ1n) is 9.51. The van der Waals surface area contributed by atoms with Crippen molar-refractivity contribution in [2.45, 2.75) is 38.7 Å². The van der Waals surface area contributed by atoms with Crippen molar-refractivity contribution in [1.29, 1.82) is 0 Å². The third kappa shape index (κ3) is 4.95. The highest BCUT2D eigenvalue weighted by molar-refractivity contribution is 5.79. The van der Waals surface area contributed by atoms with Gasteiger partial charge in [0.1, 0.15) is 18.5 Å². The minimum atomic E-state index is -0.509. The van der Waals surface area contributed by atoms with Gasteiger partial charge in [-0.05, 0) is 57.3 Å². The maximum Gasteiger partial charge on any atom is 0.225 e. The molecular formula is C20H30N2O3. The lowest BCUT2D eigenvalue weighted by molar-refractivity contribution is -0.136. The summed E-state index contributed by atoms with van der Waals surface area (Å²) < 4.78 is 5.73. The van der Waals surface area contributed by atoms with Gasteiger partial charge in [-0.3, -0.25) is 4.79 Å². The summed E-state index contributed by atoms with van der Waals surface area (Å²) in [5, 5.41) is 10.3. The monoisotopic (exact) mass is 346 g/mol. The molecule has 2 fully saturated rings. The largest absolute Gasteiger partial charge is 0.491 e. The van der Waals surface area contributed by atoms with Gasteiger partial charge in [-0.2, -0.15) is 0 Å². The molecule has 0 radical (unpaired) electrons. The van der Waals surface area contributed by atoms with Gasteiger partial charge in [0, 0.05) is 25.6 Å². The van der Waals surface area contributed by atoms with Gasteiger partial charge in [-0.1, -0.05) is 18.2 Å². The molecule has 0 aromatic heterocycles. The second-order valence-electron chi connectivity index (χ2n) is 7.34. The number of likely N-dealkylation sites (tertiary alicyclic amines) is 2. The minimum Gasteiger partial charge on any atom is -0.491 e. The summed E-state index contributed by atoms with van der Waals surface area (Å²) in [5.41, 5.74) is 1.08. The Kier molecular flexibility index (Phi) is 6.32. The number of carbonyl (C=O) groups excluding carboxylic acids is 1. The number of nitrogens with zero attached hydrogens (tertiary/aromatic N) is 2. The molecule has 138 valence electrons. The van der Waals surface area contributed by atoms with Crippen molar-refractivity contribution in [3.8, 4) is 5.75 Å². The molecular weight excluding hydrogens is 316 g/mol. The fraction of sp³-hybridized carbons (Fsp3) is 0.650. The molecule has 1 N–H and O–H groups in total. The summed E-state index contributed by atoms with van der Waals surface area (Å²) in [4.78, 5) is 16.7. The Balaban J connectivity index is 1.38. The first-order valence-corrected chi connectivity index (χ1v) is 9.51. The van der Waals surface area contributed by atoms with Gasteiger partial charge in [0.2, 0.25) is 5.91 Å². The van der Waals surface area contributed by atoms with Crippen LogP contribution in [0.15, 0.2) is 24.3 Å². The van der Waals surface area contributed by atoms with Crippen molar-refractivity contribution in [1.82, 2.24) is 9.80 Å².